The number of ether oxygens (including phenoxy) is 1. The molecule has 3 aromatic carbocycles. The molecule has 0 radical (unpaired) electrons. The van der Waals surface area contributed by atoms with Gasteiger partial charge < -0.3 is 15.0 Å². The van der Waals surface area contributed by atoms with E-state index in [1.807, 2.05) is 37.4 Å². The molecule has 1 amide bonds. The van der Waals surface area contributed by atoms with Crippen LogP contribution in [0.2, 0.25) is 0 Å². The number of nitrogens with one attached hydrogen (secondary N) is 2. The number of fused-ring (bicyclic) bond motifs is 1. The zero-order valence-corrected chi connectivity index (χ0v) is 17.4. The van der Waals surface area contributed by atoms with Gasteiger partial charge >= 0.3 is 0 Å². The van der Waals surface area contributed by atoms with Crippen molar-refractivity contribution in [3.63, 3.8) is 0 Å². The summed E-state index contributed by atoms with van der Waals surface area (Å²) in [5, 5.41) is 4.56. The molecule has 0 spiro atoms. The second-order valence-corrected chi connectivity index (χ2v) is 8.76. The molecular weight excluding hydrogens is 402 g/mol. The molecule has 3 aromatic rings. The molecule has 0 unspecified atom stereocenters. The minimum absolute atomic E-state index is 0.0385. The number of nitrogens with zero attached hydrogens (tertiary/aromatic N) is 1. The van der Waals surface area contributed by atoms with Gasteiger partial charge in [0.1, 0.15) is 6.61 Å². The van der Waals surface area contributed by atoms with E-state index < -0.39 is 10.0 Å². The van der Waals surface area contributed by atoms with Gasteiger partial charge in [-0.15, -0.1) is 0 Å². The van der Waals surface area contributed by atoms with Crippen molar-refractivity contribution in [3.05, 3.63) is 66.2 Å². The van der Waals surface area contributed by atoms with Gasteiger partial charge in [0.05, 0.1) is 11.5 Å². The zero-order valence-electron chi connectivity index (χ0n) is 16.6. The van der Waals surface area contributed by atoms with Crippen molar-refractivity contribution in [1.82, 2.24) is 4.90 Å². The number of carbonyl (C=O) groups excluding carboxylic acids is 1. The second-order valence-electron chi connectivity index (χ2n) is 7.11. The van der Waals surface area contributed by atoms with Gasteiger partial charge in [-0.25, -0.2) is 8.42 Å². The van der Waals surface area contributed by atoms with E-state index in [-0.39, 0.29) is 17.4 Å². The number of anilines is 2. The Bertz CT molecular complexity index is 1180. The molecule has 0 atom stereocenters. The number of amides is 1. The van der Waals surface area contributed by atoms with Gasteiger partial charge in [0.2, 0.25) is 5.91 Å². The lowest BCUT2D eigenvalue weighted by molar-refractivity contribution is -0.143. The highest BCUT2D eigenvalue weighted by molar-refractivity contribution is 7.93. The maximum atomic E-state index is 13.0. The van der Waals surface area contributed by atoms with E-state index in [0.29, 0.717) is 30.8 Å². The first kappa shape index (κ1) is 20.2. The van der Waals surface area contributed by atoms with E-state index in [0.717, 1.165) is 16.6 Å². The summed E-state index contributed by atoms with van der Waals surface area (Å²) in [5.41, 5.74) is 2.31. The van der Waals surface area contributed by atoms with Gasteiger partial charge in [0.25, 0.3) is 10.0 Å². The highest BCUT2D eigenvalue weighted by Crippen LogP contribution is 2.27. The number of rotatable bonds is 6. The lowest BCUT2D eigenvalue weighted by atomic mass is 10.1. The van der Waals surface area contributed by atoms with Gasteiger partial charge in [-0.3, -0.25) is 9.52 Å². The Kier molecular flexibility index (Phi) is 5.61. The third kappa shape index (κ3) is 4.24. The van der Waals surface area contributed by atoms with Crippen molar-refractivity contribution in [3.8, 4) is 0 Å². The highest BCUT2D eigenvalue weighted by Gasteiger charge is 2.20. The Morgan fingerprint density at radius 3 is 2.53 bits per heavy atom. The molecule has 0 bridgehead atoms. The average molecular weight is 426 g/mol. The molecule has 30 heavy (non-hydrogen) atoms. The van der Waals surface area contributed by atoms with Crippen LogP contribution in [0.5, 0.6) is 0 Å². The number of sulfonamides is 1. The predicted molar refractivity (Wildman–Crippen MR) is 117 cm³/mol. The molecule has 1 aliphatic rings. The molecule has 156 valence electrons. The maximum absolute atomic E-state index is 13.0. The van der Waals surface area contributed by atoms with E-state index in [9.17, 15) is 13.2 Å². The molecule has 1 fully saturated rings. The number of hydrogen-bond donors (Lipinski definition) is 2. The van der Waals surface area contributed by atoms with Gasteiger partial charge in [-0.1, -0.05) is 30.3 Å². The fourth-order valence-electron chi connectivity index (χ4n) is 3.47. The summed E-state index contributed by atoms with van der Waals surface area (Å²) in [5.74, 6) is -0.0385. The van der Waals surface area contributed by atoms with Crippen LogP contribution in [0.15, 0.2) is 65.6 Å². The lowest BCUT2D eigenvalue weighted by Gasteiger charge is -2.26. The van der Waals surface area contributed by atoms with Crippen molar-refractivity contribution in [2.24, 2.45) is 0 Å². The predicted octanol–water partition coefficient (Wildman–Crippen LogP) is 3.04. The molecule has 8 heteroatoms. The van der Waals surface area contributed by atoms with E-state index in [2.05, 4.69) is 10.0 Å². The van der Waals surface area contributed by atoms with E-state index >= 15 is 0 Å². The minimum atomic E-state index is -3.76. The van der Waals surface area contributed by atoms with Crippen LogP contribution < -0.4 is 10.0 Å². The lowest BCUT2D eigenvalue weighted by Crippen LogP contribution is -2.40. The van der Waals surface area contributed by atoms with Crippen molar-refractivity contribution in [2.75, 3.05) is 36.8 Å². The Labute approximate surface area is 175 Å². The number of benzene rings is 3. The standard InChI is InChI=1S/C22H23N3O4S/c1-23-19-9-10-20-17(13-19)3-2-4-21(20)30(27,28)24-18-7-5-16(6-8-18)14-25-11-12-29-15-22(25)26/h2-10,13,23-24H,11-12,14-15H2,1H3. The third-order valence-corrected chi connectivity index (χ3v) is 6.52. The molecule has 2 N–H and O–H groups in total. The van der Waals surface area contributed by atoms with Gasteiger partial charge in [0, 0.05) is 36.9 Å². The molecule has 1 heterocycles. The fraction of sp³-hybridized carbons (Fsp3) is 0.227. The van der Waals surface area contributed by atoms with Crippen LogP contribution in [0.4, 0.5) is 11.4 Å². The first-order valence-electron chi connectivity index (χ1n) is 9.64. The molecule has 4 rings (SSSR count). The van der Waals surface area contributed by atoms with Gasteiger partial charge in [-0.05, 0) is 41.3 Å². The largest absolute Gasteiger partial charge is 0.388 e. The van der Waals surface area contributed by atoms with Crippen LogP contribution in [0, 0.1) is 0 Å². The molecule has 0 aliphatic carbocycles. The Balaban J connectivity index is 1.53. The van der Waals surface area contributed by atoms with Crippen LogP contribution in [0.1, 0.15) is 5.56 Å². The van der Waals surface area contributed by atoms with Crippen molar-refractivity contribution in [1.29, 1.82) is 0 Å². The third-order valence-electron chi connectivity index (χ3n) is 5.08. The van der Waals surface area contributed by atoms with E-state index in [1.54, 1.807) is 35.2 Å². The van der Waals surface area contributed by atoms with Gasteiger partial charge in [-0.2, -0.15) is 0 Å². The van der Waals surface area contributed by atoms with Crippen molar-refractivity contribution >= 4 is 38.1 Å². The Morgan fingerprint density at radius 1 is 1.03 bits per heavy atom. The van der Waals surface area contributed by atoms with E-state index in [1.165, 1.54) is 0 Å². The summed E-state index contributed by atoms with van der Waals surface area (Å²) in [4.78, 5) is 13.8. The van der Waals surface area contributed by atoms with Crippen molar-refractivity contribution in [2.45, 2.75) is 11.4 Å². The summed E-state index contributed by atoms with van der Waals surface area (Å²) in [6.07, 6.45) is 0. The Morgan fingerprint density at radius 2 is 1.80 bits per heavy atom. The minimum Gasteiger partial charge on any atom is -0.388 e. The maximum Gasteiger partial charge on any atom is 0.262 e. The van der Waals surface area contributed by atoms with Crippen LogP contribution in [0.25, 0.3) is 10.8 Å². The van der Waals surface area contributed by atoms with Crippen LogP contribution in [-0.4, -0.2) is 46.0 Å². The number of morpholine rings is 1. The molecule has 0 aromatic heterocycles. The monoisotopic (exact) mass is 425 g/mol. The summed E-state index contributed by atoms with van der Waals surface area (Å²) >= 11 is 0. The average Bonchev–Trinajstić information content (AvgIpc) is 2.75. The molecule has 1 aliphatic heterocycles. The Hall–Kier alpha value is -3.10. The topological polar surface area (TPSA) is 87.7 Å². The summed E-state index contributed by atoms with van der Waals surface area (Å²) < 4.78 is 33.8. The molecular formula is C22H23N3O4S. The second kappa shape index (κ2) is 8.33. The van der Waals surface area contributed by atoms with Crippen molar-refractivity contribution < 1.29 is 17.9 Å². The highest BCUT2D eigenvalue weighted by atomic mass is 32.2. The number of carbonyl (C=O) groups is 1. The first-order chi connectivity index (χ1) is 14.5. The molecule has 7 nitrogen and oxygen atoms in total. The zero-order chi connectivity index (χ0) is 21.1. The van der Waals surface area contributed by atoms with Crippen LogP contribution >= 0.6 is 0 Å². The SMILES string of the molecule is CNc1ccc2c(S(=O)(=O)Nc3ccc(CN4CCOCC4=O)cc3)cccc2c1. The normalized spacial score (nSPS) is 14.7. The van der Waals surface area contributed by atoms with Gasteiger partial charge in [0.15, 0.2) is 0 Å². The van der Waals surface area contributed by atoms with Crippen LogP contribution in [-0.2, 0) is 26.1 Å². The first-order valence-corrected chi connectivity index (χ1v) is 11.1. The summed E-state index contributed by atoms with van der Waals surface area (Å²) in [7, 11) is -1.94. The smallest absolute Gasteiger partial charge is 0.262 e. The fourth-order valence-corrected chi connectivity index (χ4v) is 4.76. The van der Waals surface area contributed by atoms with Crippen LogP contribution in [0.3, 0.4) is 0 Å². The molecule has 1 saturated heterocycles. The summed E-state index contributed by atoms with van der Waals surface area (Å²) in [6.45, 7) is 1.68. The molecule has 0 saturated carbocycles. The van der Waals surface area contributed by atoms with E-state index in [4.69, 9.17) is 4.74 Å². The number of hydrogen-bond acceptors (Lipinski definition) is 5. The summed E-state index contributed by atoms with van der Waals surface area (Å²) in [6, 6.07) is 17.9. The quantitative estimate of drug-likeness (QED) is 0.634.